The second-order valence-electron chi connectivity index (χ2n) is 5.23. The van der Waals surface area contributed by atoms with Crippen LogP contribution in [-0.4, -0.2) is 41.9 Å². The minimum Gasteiger partial charge on any atom is -0.452 e. The summed E-state index contributed by atoms with van der Waals surface area (Å²) >= 11 is 0. The molecule has 0 heterocycles. The fourth-order valence-corrected chi connectivity index (χ4v) is 2.87. The summed E-state index contributed by atoms with van der Waals surface area (Å²) in [5.41, 5.74) is 1.09. The molecule has 0 fully saturated rings. The van der Waals surface area contributed by atoms with Crippen molar-refractivity contribution in [2.75, 3.05) is 25.2 Å². The zero-order valence-corrected chi connectivity index (χ0v) is 15.1. The van der Waals surface area contributed by atoms with E-state index in [1.54, 1.807) is 42.5 Å². The Bertz CT molecular complexity index is 849. The smallest absolute Gasteiger partial charge is 0.339 e. The fraction of sp³-hybridized carbons (Fsp3) is 0.167. The predicted octanol–water partition coefficient (Wildman–Crippen LogP) is 1.58. The van der Waals surface area contributed by atoms with Gasteiger partial charge in [0.05, 0.1) is 21.3 Å². The fourth-order valence-electron chi connectivity index (χ4n) is 2.14. The summed E-state index contributed by atoms with van der Waals surface area (Å²) in [4.78, 5) is 35.8. The van der Waals surface area contributed by atoms with Gasteiger partial charge < -0.3 is 15.4 Å². The molecule has 0 bridgehead atoms. The molecule has 8 heteroatoms. The zero-order valence-electron chi connectivity index (χ0n) is 14.3. The second kappa shape index (κ2) is 8.91. The normalized spacial score (nSPS) is 11.3. The van der Waals surface area contributed by atoms with Gasteiger partial charge in [0.15, 0.2) is 6.61 Å². The van der Waals surface area contributed by atoms with Crippen molar-refractivity contribution in [1.29, 1.82) is 0 Å². The first-order valence-electron chi connectivity index (χ1n) is 7.64. The van der Waals surface area contributed by atoms with Crippen molar-refractivity contribution in [3.63, 3.8) is 0 Å². The summed E-state index contributed by atoms with van der Waals surface area (Å²) in [7, 11) is 0.178. The Morgan fingerprint density at radius 3 is 2.31 bits per heavy atom. The number of esters is 1. The lowest BCUT2D eigenvalue weighted by Gasteiger charge is -2.09. The second-order valence-corrected chi connectivity index (χ2v) is 6.58. The molecule has 0 unspecified atom stereocenters. The van der Waals surface area contributed by atoms with E-state index in [2.05, 4.69) is 10.6 Å². The maximum atomic E-state index is 12.1. The summed E-state index contributed by atoms with van der Waals surface area (Å²) in [6, 6.07) is 12.6. The number of carbonyl (C=O) groups is 3. The number of amides is 2. The molecule has 0 radical (unpaired) electrons. The lowest BCUT2D eigenvalue weighted by molar-refractivity contribution is -0.119. The van der Waals surface area contributed by atoms with E-state index in [0.717, 1.165) is 0 Å². The third-order valence-corrected chi connectivity index (χ3v) is 4.38. The minimum atomic E-state index is -1.35. The van der Waals surface area contributed by atoms with E-state index in [0.29, 0.717) is 16.1 Å². The van der Waals surface area contributed by atoms with Gasteiger partial charge in [0, 0.05) is 24.6 Å². The zero-order chi connectivity index (χ0) is 19.1. The number of benzene rings is 2. The van der Waals surface area contributed by atoms with Crippen LogP contribution in [-0.2, 0) is 20.3 Å². The standard InChI is InChI=1S/C18H18N2O5S/c1-19-17(22)12-7-9-13(10-8-12)20-16(21)11-25-18(23)14-5-3-4-6-15(14)26(2)24/h3-10H,11H2,1-2H3,(H,19,22)(H,20,21)/t26-/m1/s1. The van der Waals surface area contributed by atoms with Crippen LogP contribution in [0.15, 0.2) is 53.4 Å². The summed E-state index contributed by atoms with van der Waals surface area (Å²) in [6.07, 6.45) is 1.46. The highest BCUT2D eigenvalue weighted by atomic mass is 32.2. The number of nitrogens with one attached hydrogen (secondary N) is 2. The Morgan fingerprint density at radius 2 is 1.69 bits per heavy atom. The first kappa shape index (κ1) is 19.3. The number of ether oxygens (including phenoxy) is 1. The summed E-state index contributed by atoms with van der Waals surface area (Å²) in [5.74, 6) is -1.48. The van der Waals surface area contributed by atoms with Crippen LogP contribution in [0.4, 0.5) is 5.69 Å². The molecule has 0 saturated heterocycles. The van der Waals surface area contributed by atoms with Crippen LogP contribution in [0.25, 0.3) is 0 Å². The van der Waals surface area contributed by atoms with Gasteiger partial charge in [-0.3, -0.25) is 13.8 Å². The third-order valence-electron chi connectivity index (χ3n) is 3.41. The van der Waals surface area contributed by atoms with Crippen LogP contribution in [0.2, 0.25) is 0 Å². The molecule has 2 N–H and O–H groups in total. The highest BCUT2D eigenvalue weighted by Crippen LogP contribution is 2.14. The first-order valence-corrected chi connectivity index (χ1v) is 9.19. The maximum absolute atomic E-state index is 12.1. The van der Waals surface area contributed by atoms with Gasteiger partial charge in [-0.15, -0.1) is 0 Å². The van der Waals surface area contributed by atoms with E-state index in [1.165, 1.54) is 19.4 Å². The molecular weight excluding hydrogens is 356 g/mol. The van der Waals surface area contributed by atoms with Crippen molar-refractivity contribution in [2.45, 2.75) is 4.90 Å². The van der Waals surface area contributed by atoms with Gasteiger partial charge in [0.1, 0.15) is 0 Å². The molecule has 2 aromatic carbocycles. The maximum Gasteiger partial charge on any atom is 0.339 e. The average molecular weight is 374 g/mol. The first-order chi connectivity index (χ1) is 12.4. The molecule has 0 spiro atoms. The summed E-state index contributed by atoms with van der Waals surface area (Å²) < 4.78 is 16.6. The number of hydrogen-bond acceptors (Lipinski definition) is 5. The molecule has 2 aromatic rings. The molecular formula is C18H18N2O5S. The molecule has 0 aromatic heterocycles. The van der Waals surface area contributed by atoms with Crippen LogP contribution < -0.4 is 10.6 Å². The molecule has 1 atom stereocenters. The lowest BCUT2D eigenvalue weighted by atomic mass is 10.2. The Kier molecular flexibility index (Phi) is 6.62. The number of anilines is 1. The van der Waals surface area contributed by atoms with Crippen molar-refractivity contribution in [2.24, 2.45) is 0 Å². The van der Waals surface area contributed by atoms with E-state index in [-0.39, 0.29) is 11.5 Å². The number of rotatable bonds is 6. The molecule has 7 nitrogen and oxygen atoms in total. The molecule has 0 aliphatic heterocycles. The molecule has 2 amide bonds. The SMILES string of the molecule is CNC(=O)c1ccc(NC(=O)COC(=O)c2ccccc2[S@@](C)=O)cc1. The van der Waals surface area contributed by atoms with Gasteiger partial charge in [-0.2, -0.15) is 0 Å². The minimum absolute atomic E-state index is 0.163. The van der Waals surface area contributed by atoms with E-state index in [9.17, 15) is 18.6 Å². The highest BCUT2D eigenvalue weighted by Gasteiger charge is 2.16. The van der Waals surface area contributed by atoms with Crippen LogP contribution in [0, 0.1) is 0 Å². The van der Waals surface area contributed by atoms with Crippen molar-refractivity contribution >= 4 is 34.3 Å². The number of hydrogen-bond donors (Lipinski definition) is 2. The Hall–Kier alpha value is -3.00. The van der Waals surface area contributed by atoms with Crippen molar-refractivity contribution < 1.29 is 23.3 Å². The summed E-state index contributed by atoms with van der Waals surface area (Å²) in [6.45, 7) is -0.485. The van der Waals surface area contributed by atoms with Gasteiger partial charge in [-0.05, 0) is 36.4 Å². The number of carbonyl (C=O) groups excluding carboxylic acids is 3. The average Bonchev–Trinajstić information content (AvgIpc) is 2.66. The largest absolute Gasteiger partial charge is 0.452 e. The van der Waals surface area contributed by atoms with Crippen molar-refractivity contribution in [3.8, 4) is 0 Å². The Morgan fingerprint density at radius 1 is 1.04 bits per heavy atom. The van der Waals surface area contributed by atoms with Crippen molar-refractivity contribution in [3.05, 3.63) is 59.7 Å². The monoisotopic (exact) mass is 374 g/mol. The van der Waals surface area contributed by atoms with Gasteiger partial charge in [-0.25, -0.2) is 4.79 Å². The Balaban J connectivity index is 1.94. The van der Waals surface area contributed by atoms with Crippen LogP contribution in [0.1, 0.15) is 20.7 Å². The van der Waals surface area contributed by atoms with E-state index < -0.39 is 29.3 Å². The van der Waals surface area contributed by atoms with Gasteiger partial charge in [0.25, 0.3) is 11.8 Å². The molecule has 2 rings (SSSR count). The van der Waals surface area contributed by atoms with Gasteiger partial charge >= 0.3 is 5.97 Å². The topological polar surface area (TPSA) is 102 Å². The molecule has 0 aliphatic carbocycles. The van der Waals surface area contributed by atoms with Gasteiger partial charge in [-0.1, -0.05) is 12.1 Å². The van der Waals surface area contributed by atoms with E-state index in [4.69, 9.17) is 4.74 Å². The van der Waals surface area contributed by atoms with E-state index in [1.807, 2.05) is 0 Å². The van der Waals surface area contributed by atoms with Crippen molar-refractivity contribution in [1.82, 2.24) is 5.32 Å². The summed E-state index contributed by atoms with van der Waals surface area (Å²) in [5, 5.41) is 5.06. The Labute approximate surface area is 153 Å². The van der Waals surface area contributed by atoms with Crippen LogP contribution in [0.3, 0.4) is 0 Å². The highest BCUT2D eigenvalue weighted by molar-refractivity contribution is 7.84. The van der Waals surface area contributed by atoms with E-state index >= 15 is 0 Å². The molecule has 26 heavy (non-hydrogen) atoms. The quantitative estimate of drug-likeness (QED) is 0.748. The third kappa shape index (κ3) is 5.00. The van der Waals surface area contributed by atoms with Gasteiger partial charge in [0.2, 0.25) is 0 Å². The molecule has 136 valence electrons. The van der Waals surface area contributed by atoms with Crippen LogP contribution in [0.5, 0.6) is 0 Å². The molecule has 0 aliphatic rings. The molecule has 0 saturated carbocycles. The van der Waals surface area contributed by atoms with Crippen LogP contribution >= 0.6 is 0 Å². The predicted molar refractivity (Wildman–Crippen MR) is 97.5 cm³/mol. The lowest BCUT2D eigenvalue weighted by Crippen LogP contribution is -2.21.